The highest BCUT2D eigenvalue weighted by molar-refractivity contribution is 8.00. The molecule has 1 aromatic rings. The van der Waals surface area contributed by atoms with Crippen molar-refractivity contribution in [1.82, 2.24) is 14.6 Å². The number of carbonyl (C=O) groups is 1. The monoisotopic (exact) mass is 557 g/mol. The van der Waals surface area contributed by atoms with Crippen molar-refractivity contribution < 1.29 is 36.3 Å². The summed E-state index contributed by atoms with van der Waals surface area (Å²) in [6.07, 6.45) is -4.56. The number of thioether (sulfide) groups is 1. The first-order valence-corrected chi connectivity index (χ1v) is 13.4. The molecule has 1 aromatic carbocycles. The first-order chi connectivity index (χ1) is 16.4. The van der Waals surface area contributed by atoms with Gasteiger partial charge in [0.2, 0.25) is 15.6 Å². The van der Waals surface area contributed by atoms with Gasteiger partial charge in [-0.3, -0.25) is 5.17 Å². The van der Waals surface area contributed by atoms with E-state index >= 15 is 0 Å². The number of hydroxylamine groups is 1. The van der Waals surface area contributed by atoms with Gasteiger partial charge in [-0.25, -0.2) is 18.1 Å². The second-order valence-corrected chi connectivity index (χ2v) is 11.3. The number of hydrogen-bond donors (Lipinski definition) is 2. The third kappa shape index (κ3) is 6.98. The van der Waals surface area contributed by atoms with Crippen LogP contribution in [0, 0.1) is 16.5 Å². The van der Waals surface area contributed by atoms with E-state index in [1.54, 1.807) is 0 Å². The van der Waals surface area contributed by atoms with Gasteiger partial charge in [-0.15, -0.1) is 0 Å². The Labute approximate surface area is 209 Å². The third-order valence-electron chi connectivity index (χ3n) is 5.60. The van der Waals surface area contributed by atoms with Crippen LogP contribution < -0.4 is 10.6 Å². The van der Waals surface area contributed by atoms with E-state index in [9.17, 15) is 36.9 Å². The molecule has 0 spiro atoms. The van der Waals surface area contributed by atoms with E-state index in [0.717, 1.165) is 11.8 Å². The Morgan fingerprint density at radius 1 is 1.31 bits per heavy atom. The number of ether oxygens (including phenoxy) is 1. The Kier molecular flexibility index (Phi) is 9.27. The molecule has 0 radical (unpaired) electrons. The molecule has 3 unspecified atom stereocenters. The molecule has 0 amide bonds. The van der Waals surface area contributed by atoms with Crippen LogP contribution in [0.25, 0.3) is 0 Å². The third-order valence-corrected chi connectivity index (χ3v) is 8.93. The molecule has 3 atom stereocenters. The zero-order valence-corrected chi connectivity index (χ0v) is 20.6. The number of halogens is 4. The average Bonchev–Trinajstić information content (AvgIpc) is 3.20. The fraction of sp³-hybridized carbons (Fsp3) is 0.579. The van der Waals surface area contributed by atoms with E-state index in [1.807, 2.05) is 6.07 Å². The molecule has 10 nitrogen and oxygen atoms in total. The largest absolute Gasteiger partial charge is 0.613 e. The highest BCUT2D eigenvalue weighted by atomic mass is 35.5. The summed E-state index contributed by atoms with van der Waals surface area (Å²) in [6, 6.07) is 6.53. The molecule has 2 heterocycles. The van der Waals surface area contributed by atoms with Crippen LogP contribution in [0.2, 0.25) is 5.02 Å². The predicted octanol–water partition coefficient (Wildman–Crippen LogP) is 0.710. The molecular formula is C19H23ClF3N5O5S2. The van der Waals surface area contributed by atoms with Gasteiger partial charge in [0.15, 0.2) is 0 Å². The van der Waals surface area contributed by atoms with Gasteiger partial charge in [0.05, 0.1) is 17.5 Å². The van der Waals surface area contributed by atoms with Gasteiger partial charge in [0.25, 0.3) is 0 Å². The molecule has 35 heavy (non-hydrogen) atoms. The molecule has 2 N–H and O–H groups in total. The zero-order chi connectivity index (χ0) is 25.8. The number of benzene rings is 1. The van der Waals surface area contributed by atoms with E-state index in [-0.39, 0.29) is 42.0 Å². The number of rotatable bonds is 8. The first-order valence-electron chi connectivity index (χ1n) is 10.5. The Hall–Kier alpha value is -1.64. The van der Waals surface area contributed by atoms with Crippen molar-refractivity contribution in [3.63, 3.8) is 0 Å². The predicted molar refractivity (Wildman–Crippen MR) is 120 cm³/mol. The van der Waals surface area contributed by atoms with Gasteiger partial charge in [-0.1, -0.05) is 23.4 Å². The summed E-state index contributed by atoms with van der Waals surface area (Å²) in [7, 11) is -3.71. The van der Waals surface area contributed by atoms with Crippen molar-refractivity contribution in [3.05, 3.63) is 34.5 Å². The number of nitrogens with zero attached hydrogens (tertiary/aromatic N) is 3. The summed E-state index contributed by atoms with van der Waals surface area (Å²) in [5.74, 6) is -2.19. The van der Waals surface area contributed by atoms with Crippen LogP contribution in [0.3, 0.4) is 0 Å². The summed E-state index contributed by atoms with van der Waals surface area (Å²) < 4.78 is 68.9. The van der Waals surface area contributed by atoms with Crippen molar-refractivity contribution in [3.8, 4) is 6.07 Å². The lowest BCUT2D eigenvalue weighted by atomic mass is 10.1. The fourth-order valence-corrected chi connectivity index (χ4v) is 6.52. The fourth-order valence-electron chi connectivity index (χ4n) is 3.71. The highest BCUT2D eigenvalue weighted by Crippen LogP contribution is 2.31. The van der Waals surface area contributed by atoms with Crippen LogP contribution in [0.5, 0.6) is 0 Å². The van der Waals surface area contributed by atoms with Crippen molar-refractivity contribution >= 4 is 39.4 Å². The lowest BCUT2D eigenvalue weighted by Crippen LogP contribution is -3.18. The van der Waals surface area contributed by atoms with Crippen LogP contribution in [0.4, 0.5) is 13.2 Å². The second kappa shape index (κ2) is 11.6. The van der Waals surface area contributed by atoms with Gasteiger partial charge in [-0.05, 0) is 24.3 Å². The SMILES string of the molecule is N#CC1CSC(OC(=O)C(F)(F)F)N1CCN[NH+]([O-])C1CCN(S(=O)(=O)c2ccc(Cl)cc2)CC1. The molecule has 0 bridgehead atoms. The average molecular weight is 558 g/mol. The Morgan fingerprint density at radius 3 is 2.51 bits per heavy atom. The smallest absolute Gasteiger partial charge is 0.491 e. The minimum Gasteiger partial charge on any atom is -0.613 e. The van der Waals surface area contributed by atoms with Crippen molar-refractivity contribution in [2.75, 3.05) is 31.9 Å². The number of nitriles is 1. The molecule has 0 saturated carbocycles. The van der Waals surface area contributed by atoms with Crippen molar-refractivity contribution in [1.29, 1.82) is 5.26 Å². The molecule has 0 aliphatic carbocycles. The van der Waals surface area contributed by atoms with Crippen molar-refractivity contribution in [2.45, 2.75) is 41.6 Å². The Balaban J connectivity index is 1.48. The summed E-state index contributed by atoms with van der Waals surface area (Å²) in [5.41, 5.74) is 1.39. The number of quaternary nitrogens is 1. The van der Waals surface area contributed by atoms with E-state index in [2.05, 4.69) is 10.2 Å². The molecule has 2 aliphatic heterocycles. The molecule has 16 heteroatoms. The normalized spacial score (nSPS) is 23.7. The summed E-state index contributed by atoms with van der Waals surface area (Å²) >= 11 is 6.70. The van der Waals surface area contributed by atoms with E-state index in [1.165, 1.54) is 33.5 Å². The second-order valence-electron chi connectivity index (χ2n) is 7.85. The van der Waals surface area contributed by atoms with Gasteiger partial charge in [-0.2, -0.15) is 28.2 Å². The number of esters is 1. The van der Waals surface area contributed by atoms with E-state index in [4.69, 9.17) is 11.6 Å². The topological polar surface area (TPSA) is 130 Å². The van der Waals surface area contributed by atoms with E-state index < -0.39 is 39.8 Å². The summed E-state index contributed by atoms with van der Waals surface area (Å²) in [6.45, 7) is 0.313. The lowest BCUT2D eigenvalue weighted by molar-refractivity contribution is -0.922. The quantitative estimate of drug-likeness (QED) is 0.350. The summed E-state index contributed by atoms with van der Waals surface area (Å²) in [4.78, 5) is 12.6. The maximum absolute atomic E-state index is 12.8. The number of hydrogen-bond acceptors (Lipinski definition) is 9. The van der Waals surface area contributed by atoms with Gasteiger partial charge >= 0.3 is 12.1 Å². The maximum Gasteiger partial charge on any atom is 0.491 e. The van der Waals surface area contributed by atoms with Crippen LogP contribution in [-0.4, -0.2) is 79.3 Å². The molecule has 0 aromatic heterocycles. The number of alkyl halides is 3. The molecule has 2 saturated heterocycles. The maximum atomic E-state index is 12.8. The molecular weight excluding hydrogens is 535 g/mol. The van der Waals surface area contributed by atoms with E-state index in [0.29, 0.717) is 17.9 Å². The van der Waals surface area contributed by atoms with Crippen LogP contribution in [0.15, 0.2) is 29.2 Å². The molecule has 2 aliphatic rings. The van der Waals surface area contributed by atoms with Gasteiger partial charge in [0.1, 0.15) is 12.1 Å². The van der Waals surface area contributed by atoms with Crippen LogP contribution in [-0.2, 0) is 19.6 Å². The van der Waals surface area contributed by atoms with Crippen molar-refractivity contribution in [2.24, 2.45) is 0 Å². The molecule has 2 fully saturated rings. The Bertz CT molecular complexity index is 1030. The first kappa shape index (κ1) is 27.9. The standard InChI is InChI=1S/C19H23ClF3N5O5S2/c20-13-1-3-16(4-2-13)35(31,32)26-8-5-14(6-9-26)28(30)25-7-10-27-15(11-24)12-34-18(27)33-17(29)19(21,22)23/h1-4,14-15,18,25,28H,5-10,12H2. The lowest BCUT2D eigenvalue weighted by Gasteiger charge is -2.37. The minimum absolute atomic E-state index is 0.00341. The summed E-state index contributed by atoms with van der Waals surface area (Å²) in [5, 5.41) is 21.9. The van der Waals surface area contributed by atoms with Gasteiger partial charge < -0.3 is 9.94 Å². The number of carbonyl (C=O) groups excluding carboxylic acids is 1. The Morgan fingerprint density at radius 2 is 1.94 bits per heavy atom. The highest BCUT2D eigenvalue weighted by Gasteiger charge is 2.45. The number of sulfonamides is 1. The van der Waals surface area contributed by atoms with Gasteiger partial charge in [0, 0.05) is 43.3 Å². The molecule has 3 rings (SSSR count). The van der Waals surface area contributed by atoms with Crippen LogP contribution in [0.1, 0.15) is 12.8 Å². The molecule has 194 valence electrons. The minimum atomic E-state index is -5.15. The number of nitrogens with one attached hydrogen (secondary N) is 2. The van der Waals surface area contributed by atoms with Crippen LogP contribution >= 0.6 is 23.4 Å². The number of piperidine rings is 1. The zero-order valence-electron chi connectivity index (χ0n) is 18.2.